The lowest BCUT2D eigenvalue weighted by atomic mass is 9.95. The fourth-order valence-electron chi connectivity index (χ4n) is 4.19. The van der Waals surface area contributed by atoms with Gasteiger partial charge in [-0.2, -0.15) is 5.10 Å². The molecule has 0 aromatic carbocycles. The molecule has 3 rings (SSSR count). The fraction of sp³-hybridized carbons (Fsp3) is 0.524. The van der Waals surface area contributed by atoms with Crippen LogP contribution in [0.2, 0.25) is 0 Å². The van der Waals surface area contributed by atoms with Gasteiger partial charge in [-0.3, -0.25) is 9.89 Å². The third-order valence-electron chi connectivity index (χ3n) is 5.68. The minimum atomic E-state index is -0.964. The number of H-pyrrole nitrogens is 1. The number of ether oxygens (including phenoxy) is 1. The summed E-state index contributed by atoms with van der Waals surface area (Å²) in [5, 5.41) is 21.6. The summed E-state index contributed by atoms with van der Waals surface area (Å²) in [5.41, 5.74) is 1.72. The first kappa shape index (κ1) is 21.6. The first-order chi connectivity index (χ1) is 14.5. The van der Waals surface area contributed by atoms with E-state index in [-0.39, 0.29) is 18.4 Å². The predicted molar refractivity (Wildman–Crippen MR) is 112 cm³/mol. The van der Waals surface area contributed by atoms with Crippen molar-refractivity contribution in [2.75, 3.05) is 12.4 Å². The van der Waals surface area contributed by atoms with Crippen molar-refractivity contribution in [1.82, 2.24) is 20.5 Å². The average Bonchev–Trinajstić information content (AvgIpc) is 3.37. The highest BCUT2D eigenvalue weighted by Crippen LogP contribution is 2.40. The molecule has 1 saturated carbocycles. The molecule has 4 N–H and O–H groups in total. The highest BCUT2D eigenvalue weighted by Gasteiger charge is 2.29. The number of pyridine rings is 1. The minimum Gasteiger partial charge on any atom is -0.481 e. The van der Waals surface area contributed by atoms with Gasteiger partial charge in [0.1, 0.15) is 0 Å². The number of methoxy groups -OCH3 is 1. The molecule has 1 aliphatic carbocycles. The third kappa shape index (κ3) is 5.71. The van der Waals surface area contributed by atoms with Crippen LogP contribution in [0, 0.1) is 5.92 Å². The van der Waals surface area contributed by atoms with Crippen molar-refractivity contribution in [3.8, 4) is 5.88 Å². The number of nitrogens with one attached hydrogen (secondary N) is 3. The van der Waals surface area contributed by atoms with Crippen molar-refractivity contribution in [1.29, 1.82) is 0 Å². The number of carbonyl (C=O) groups excluding carboxylic acids is 1. The van der Waals surface area contributed by atoms with Crippen molar-refractivity contribution < 1.29 is 19.4 Å². The van der Waals surface area contributed by atoms with Gasteiger partial charge < -0.3 is 20.5 Å². The van der Waals surface area contributed by atoms with Crippen LogP contribution >= 0.6 is 0 Å². The minimum absolute atomic E-state index is 0.00710. The Bertz CT molecular complexity index is 869. The average molecular weight is 415 g/mol. The highest BCUT2D eigenvalue weighted by molar-refractivity contribution is 5.91. The summed E-state index contributed by atoms with van der Waals surface area (Å²) >= 11 is 0. The zero-order valence-electron chi connectivity index (χ0n) is 17.4. The number of rotatable bonds is 9. The molecule has 9 heteroatoms. The van der Waals surface area contributed by atoms with Crippen molar-refractivity contribution in [3.63, 3.8) is 0 Å². The zero-order chi connectivity index (χ0) is 21.5. The van der Waals surface area contributed by atoms with Crippen LogP contribution in [0.3, 0.4) is 0 Å². The van der Waals surface area contributed by atoms with Crippen LogP contribution in [0.25, 0.3) is 0 Å². The maximum atomic E-state index is 12.4. The first-order valence-corrected chi connectivity index (χ1v) is 10.3. The van der Waals surface area contributed by atoms with Crippen LogP contribution in [-0.4, -0.2) is 45.4 Å². The van der Waals surface area contributed by atoms with E-state index < -0.39 is 6.09 Å². The van der Waals surface area contributed by atoms with Crippen molar-refractivity contribution in [2.24, 2.45) is 5.92 Å². The molecule has 2 aromatic heterocycles. The number of aromatic nitrogens is 3. The Morgan fingerprint density at radius 3 is 2.97 bits per heavy atom. The molecule has 1 fully saturated rings. The molecule has 162 valence electrons. The van der Waals surface area contributed by atoms with Gasteiger partial charge in [-0.1, -0.05) is 13.0 Å². The maximum absolute atomic E-state index is 12.4. The number of hydrogen-bond donors (Lipinski definition) is 4. The topological polar surface area (TPSA) is 129 Å². The van der Waals surface area contributed by atoms with E-state index in [4.69, 9.17) is 9.84 Å². The second-order valence-electron chi connectivity index (χ2n) is 7.77. The summed E-state index contributed by atoms with van der Waals surface area (Å²) in [4.78, 5) is 27.4. The summed E-state index contributed by atoms with van der Waals surface area (Å²) in [6.07, 6.45) is 5.52. The van der Waals surface area contributed by atoms with E-state index in [9.17, 15) is 9.59 Å². The van der Waals surface area contributed by atoms with Crippen LogP contribution < -0.4 is 15.4 Å². The van der Waals surface area contributed by atoms with Gasteiger partial charge in [0, 0.05) is 35.5 Å². The Hall–Kier alpha value is -3.10. The third-order valence-corrected chi connectivity index (χ3v) is 5.68. The number of carbonyl (C=O) groups is 2. The summed E-state index contributed by atoms with van der Waals surface area (Å²) < 4.78 is 5.18. The molecule has 0 saturated heterocycles. The van der Waals surface area contributed by atoms with Gasteiger partial charge in [-0.05, 0) is 44.1 Å². The largest absolute Gasteiger partial charge is 0.481 e. The normalized spacial score (nSPS) is 19.3. The lowest BCUT2D eigenvalue weighted by molar-refractivity contribution is -0.115. The molecule has 0 radical (unpaired) electrons. The van der Waals surface area contributed by atoms with E-state index in [1.165, 1.54) is 7.11 Å². The predicted octanol–water partition coefficient (Wildman–Crippen LogP) is 3.31. The quantitative estimate of drug-likeness (QED) is 0.497. The Kier molecular flexibility index (Phi) is 7.26. The molecule has 3 unspecified atom stereocenters. The molecule has 2 amide bonds. The SMILES string of the molecule is CCC(CC1CCC(c2cc(NC(=O)Cc3cccnc3OC)n[nH]2)C1)NC(=O)O. The smallest absolute Gasteiger partial charge is 0.404 e. The zero-order valence-corrected chi connectivity index (χ0v) is 17.4. The lowest BCUT2D eigenvalue weighted by Crippen LogP contribution is -2.34. The van der Waals surface area contributed by atoms with E-state index in [0.717, 1.165) is 37.8 Å². The van der Waals surface area contributed by atoms with Gasteiger partial charge in [-0.25, -0.2) is 9.78 Å². The molecule has 30 heavy (non-hydrogen) atoms. The van der Waals surface area contributed by atoms with E-state index in [0.29, 0.717) is 29.1 Å². The summed E-state index contributed by atoms with van der Waals surface area (Å²) in [6.45, 7) is 2.00. The van der Waals surface area contributed by atoms with Crippen molar-refractivity contribution in [3.05, 3.63) is 35.7 Å². The number of amides is 2. The molecule has 9 nitrogen and oxygen atoms in total. The molecule has 0 bridgehead atoms. The molecule has 2 heterocycles. The van der Waals surface area contributed by atoms with Crippen LogP contribution in [0.5, 0.6) is 5.88 Å². The number of anilines is 1. The first-order valence-electron chi connectivity index (χ1n) is 10.3. The van der Waals surface area contributed by atoms with Crippen molar-refractivity contribution >= 4 is 17.8 Å². The van der Waals surface area contributed by atoms with Crippen LogP contribution in [0.1, 0.15) is 56.2 Å². The lowest BCUT2D eigenvalue weighted by Gasteiger charge is -2.19. The van der Waals surface area contributed by atoms with Gasteiger partial charge in [-0.15, -0.1) is 0 Å². The number of hydrogen-bond acceptors (Lipinski definition) is 5. The summed E-state index contributed by atoms with van der Waals surface area (Å²) in [7, 11) is 1.53. The maximum Gasteiger partial charge on any atom is 0.404 e. The summed E-state index contributed by atoms with van der Waals surface area (Å²) in [5.74, 6) is 1.57. The Morgan fingerprint density at radius 2 is 2.23 bits per heavy atom. The Morgan fingerprint density at radius 1 is 1.40 bits per heavy atom. The Balaban J connectivity index is 1.52. The summed E-state index contributed by atoms with van der Waals surface area (Å²) in [6, 6.07) is 5.46. The molecule has 0 aliphatic heterocycles. The molecule has 0 spiro atoms. The van der Waals surface area contributed by atoms with Crippen molar-refractivity contribution in [2.45, 2.75) is 57.4 Å². The van der Waals surface area contributed by atoms with E-state index >= 15 is 0 Å². The molecule has 2 aromatic rings. The van der Waals surface area contributed by atoms with E-state index in [2.05, 4.69) is 25.8 Å². The fourth-order valence-corrected chi connectivity index (χ4v) is 4.19. The molecule has 3 atom stereocenters. The van der Waals surface area contributed by atoms with Crippen LogP contribution in [0.15, 0.2) is 24.4 Å². The number of aromatic amines is 1. The standard InChI is InChI=1S/C21H29N5O4/c1-3-16(23-21(28)29)10-13-6-7-14(9-13)17-12-18(26-25-17)24-19(27)11-15-5-4-8-22-20(15)30-2/h4-5,8,12-14,16,23H,3,6-7,9-11H2,1-2H3,(H,28,29)(H2,24,25,26,27). The number of nitrogens with zero attached hydrogens (tertiary/aromatic N) is 2. The van der Waals surface area contributed by atoms with Crippen LogP contribution in [-0.2, 0) is 11.2 Å². The second kappa shape index (κ2) is 10.1. The highest BCUT2D eigenvalue weighted by atomic mass is 16.5. The Labute approximate surface area is 175 Å². The molecular formula is C21H29N5O4. The van der Waals surface area contributed by atoms with Gasteiger partial charge in [0.05, 0.1) is 13.5 Å². The van der Waals surface area contributed by atoms with Gasteiger partial charge in [0.15, 0.2) is 5.82 Å². The number of carboxylic acid groups (broad SMARTS) is 1. The molecule has 1 aliphatic rings. The van der Waals surface area contributed by atoms with Gasteiger partial charge in [0.25, 0.3) is 0 Å². The van der Waals surface area contributed by atoms with Gasteiger partial charge >= 0.3 is 6.09 Å². The van der Waals surface area contributed by atoms with Crippen LogP contribution in [0.4, 0.5) is 10.6 Å². The second-order valence-corrected chi connectivity index (χ2v) is 7.77. The van der Waals surface area contributed by atoms with Gasteiger partial charge in [0.2, 0.25) is 11.8 Å². The van der Waals surface area contributed by atoms with E-state index in [1.54, 1.807) is 12.3 Å². The monoisotopic (exact) mass is 415 g/mol. The molecular weight excluding hydrogens is 386 g/mol. The van der Waals surface area contributed by atoms with E-state index in [1.807, 2.05) is 19.1 Å².